The summed E-state index contributed by atoms with van der Waals surface area (Å²) in [4.78, 5) is 10.6. The van der Waals surface area contributed by atoms with Crippen molar-refractivity contribution >= 4 is 17.6 Å². The second-order valence-corrected chi connectivity index (χ2v) is 5.48. The molecule has 0 fully saturated rings. The summed E-state index contributed by atoms with van der Waals surface area (Å²) in [6.45, 7) is 2.83. The number of aliphatic carboxylic acids is 1. The number of hydrogen-bond donors (Lipinski definition) is 2. The maximum absolute atomic E-state index is 10.6. The first-order valence-electron chi connectivity index (χ1n) is 6.83. The van der Waals surface area contributed by atoms with Gasteiger partial charge in [0.05, 0.1) is 6.42 Å². The zero-order valence-corrected chi connectivity index (χ0v) is 12.6. The van der Waals surface area contributed by atoms with E-state index in [0.29, 0.717) is 0 Å². The minimum Gasteiger partial charge on any atom is -0.481 e. The highest BCUT2D eigenvalue weighted by Crippen LogP contribution is 2.16. The fraction of sp³-hybridized carbons (Fsp3) is 0.235. The Morgan fingerprint density at radius 3 is 2.24 bits per heavy atom. The van der Waals surface area contributed by atoms with E-state index in [1.807, 2.05) is 48.5 Å². The van der Waals surface area contributed by atoms with Crippen molar-refractivity contribution in [3.63, 3.8) is 0 Å². The maximum atomic E-state index is 10.6. The summed E-state index contributed by atoms with van der Waals surface area (Å²) >= 11 is 5.88. The van der Waals surface area contributed by atoms with Crippen LogP contribution in [0.4, 0.5) is 0 Å². The average Bonchev–Trinajstić information content (AvgIpc) is 2.46. The Morgan fingerprint density at radius 2 is 1.67 bits per heavy atom. The van der Waals surface area contributed by atoms with Crippen molar-refractivity contribution in [1.29, 1.82) is 0 Å². The lowest BCUT2D eigenvalue weighted by Crippen LogP contribution is -2.18. The summed E-state index contributed by atoms with van der Waals surface area (Å²) < 4.78 is 0. The Hall–Kier alpha value is -1.84. The summed E-state index contributed by atoms with van der Waals surface area (Å²) in [6, 6.07) is 15.6. The number of rotatable bonds is 6. The van der Waals surface area contributed by atoms with Crippen molar-refractivity contribution in [2.45, 2.75) is 25.9 Å². The Morgan fingerprint density at radius 1 is 1.10 bits per heavy atom. The van der Waals surface area contributed by atoms with E-state index in [1.165, 1.54) is 5.56 Å². The van der Waals surface area contributed by atoms with Crippen LogP contribution in [0.2, 0.25) is 5.02 Å². The number of benzene rings is 2. The highest BCUT2D eigenvalue weighted by molar-refractivity contribution is 6.30. The number of nitrogens with one attached hydrogen (secondary N) is 1. The molecule has 4 heteroatoms. The number of carboxylic acid groups (broad SMARTS) is 1. The molecule has 0 saturated carbocycles. The quantitative estimate of drug-likeness (QED) is 0.853. The molecular formula is C17H18ClNO2. The number of halogens is 1. The Bertz CT molecular complexity index is 593. The van der Waals surface area contributed by atoms with E-state index in [4.69, 9.17) is 16.7 Å². The van der Waals surface area contributed by atoms with Crippen LogP contribution in [0.15, 0.2) is 48.5 Å². The van der Waals surface area contributed by atoms with Gasteiger partial charge in [-0.05, 0) is 35.7 Å². The molecule has 0 aliphatic heterocycles. The highest BCUT2D eigenvalue weighted by atomic mass is 35.5. The second kappa shape index (κ2) is 7.25. The predicted molar refractivity (Wildman–Crippen MR) is 84.5 cm³/mol. The molecule has 0 saturated heterocycles. The molecular weight excluding hydrogens is 286 g/mol. The largest absolute Gasteiger partial charge is 0.481 e. The van der Waals surface area contributed by atoms with Crippen LogP contribution in [0.25, 0.3) is 0 Å². The molecule has 0 spiro atoms. The predicted octanol–water partition coefficient (Wildman–Crippen LogP) is 3.82. The number of carbonyl (C=O) groups is 1. The van der Waals surface area contributed by atoms with Gasteiger partial charge in [0.15, 0.2) is 0 Å². The molecule has 0 radical (unpaired) electrons. The molecule has 0 aliphatic rings. The zero-order chi connectivity index (χ0) is 15.2. The van der Waals surface area contributed by atoms with Crippen LogP contribution in [-0.4, -0.2) is 11.1 Å². The minimum absolute atomic E-state index is 0.0644. The summed E-state index contributed by atoms with van der Waals surface area (Å²) in [5.74, 6) is -0.808. The van der Waals surface area contributed by atoms with Crippen molar-refractivity contribution in [1.82, 2.24) is 5.32 Å². The Labute approximate surface area is 129 Å². The number of carboxylic acids is 1. The molecule has 1 unspecified atom stereocenters. The SMILES string of the molecule is CC(NCc1ccc(CC(=O)O)cc1)c1ccc(Cl)cc1. The third-order valence-electron chi connectivity index (χ3n) is 3.36. The molecule has 2 rings (SSSR count). The van der Waals surface area contributed by atoms with Gasteiger partial charge in [-0.1, -0.05) is 48.0 Å². The lowest BCUT2D eigenvalue weighted by Gasteiger charge is -2.14. The Balaban J connectivity index is 1.90. The van der Waals surface area contributed by atoms with E-state index in [2.05, 4.69) is 12.2 Å². The molecule has 0 aliphatic carbocycles. The minimum atomic E-state index is -0.808. The second-order valence-electron chi connectivity index (χ2n) is 5.04. The molecule has 0 heterocycles. The first kappa shape index (κ1) is 15.5. The van der Waals surface area contributed by atoms with Crippen LogP contribution in [0, 0.1) is 0 Å². The molecule has 2 N–H and O–H groups in total. The van der Waals surface area contributed by atoms with Gasteiger partial charge in [-0.15, -0.1) is 0 Å². The molecule has 2 aromatic carbocycles. The van der Waals surface area contributed by atoms with Crippen molar-refractivity contribution < 1.29 is 9.90 Å². The third-order valence-corrected chi connectivity index (χ3v) is 3.61. The fourth-order valence-corrected chi connectivity index (χ4v) is 2.22. The number of hydrogen-bond acceptors (Lipinski definition) is 2. The lowest BCUT2D eigenvalue weighted by atomic mass is 10.1. The first-order valence-corrected chi connectivity index (χ1v) is 7.21. The van der Waals surface area contributed by atoms with Crippen LogP contribution in [-0.2, 0) is 17.8 Å². The monoisotopic (exact) mass is 303 g/mol. The van der Waals surface area contributed by atoms with Gasteiger partial charge >= 0.3 is 5.97 Å². The summed E-state index contributed by atoms with van der Waals surface area (Å²) in [7, 11) is 0. The molecule has 1 atom stereocenters. The molecule has 21 heavy (non-hydrogen) atoms. The van der Waals surface area contributed by atoms with Crippen LogP contribution in [0.3, 0.4) is 0 Å². The van der Waals surface area contributed by atoms with Gasteiger partial charge in [-0.2, -0.15) is 0 Å². The normalized spacial score (nSPS) is 12.1. The maximum Gasteiger partial charge on any atom is 0.307 e. The summed E-state index contributed by atoms with van der Waals surface area (Å²) in [6.07, 6.45) is 0.0644. The van der Waals surface area contributed by atoms with Gasteiger partial charge in [0.25, 0.3) is 0 Å². The van der Waals surface area contributed by atoms with Crippen molar-refractivity contribution in [3.8, 4) is 0 Å². The van der Waals surface area contributed by atoms with Crippen LogP contribution >= 0.6 is 11.6 Å². The van der Waals surface area contributed by atoms with Gasteiger partial charge in [0.2, 0.25) is 0 Å². The van der Waals surface area contributed by atoms with Gasteiger partial charge in [-0.3, -0.25) is 4.79 Å². The molecule has 110 valence electrons. The van der Waals surface area contributed by atoms with Gasteiger partial charge in [0.1, 0.15) is 0 Å². The van der Waals surface area contributed by atoms with Crippen LogP contribution < -0.4 is 5.32 Å². The lowest BCUT2D eigenvalue weighted by molar-refractivity contribution is -0.136. The van der Waals surface area contributed by atoms with E-state index in [0.717, 1.165) is 22.7 Å². The molecule has 0 amide bonds. The highest BCUT2D eigenvalue weighted by Gasteiger charge is 2.05. The van der Waals surface area contributed by atoms with Crippen molar-refractivity contribution in [2.24, 2.45) is 0 Å². The van der Waals surface area contributed by atoms with E-state index < -0.39 is 5.97 Å². The summed E-state index contributed by atoms with van der Waals surface area (Å²) in [5, 5.41) is 12.9. The van der Waals surface area contributed by atoms with Gasteiger partial charge in [0, 0.05) is 17.6 Å². The van der Waals surface area contributed by atoms with Crippen LogP contribution in [0.1, 0.15) is 29.7 Å². The van der Waals surface area contributed by atoms with Crippen molar-refractivity contribution in [2.75, 3.05) is 0 Å². The fourth-order valence-electron chi connectivity index (χ4n) is 2.09. The third kappa shape index (κ3) is 4.88. The molecule has 0 aromatic heterocycles. The first-order chi connectivity index (χ1) is 10.0. The Kier molecular flexibility index (Phi) is 5.37. The zero-order valence-electron chi connectivity index (χ0n) is 11.8. The van der Waals surface area contributed by atoms with E-state index in [9.17, 15) is 4.79 Å². The van der Waals surface area contributed by atoms with Crippen molar-refractivity contribution in [3.05, 3.63) is 70.2 Å². The van der Waals surface area contributed by atoms with E-state index in [-0.39, 0.29) is 12.5 Å². The topological polar surface area (TPSA) is 49.3 Å². The summed E-state index contributed by atoms with van der Waals surface area (Å²) in [5.41, 5.74) is 3.13. The van der Waals surface area contributed by atoms with Gasteiger partial charge in [-0.25, -0.2) is 0 Å². The average molecular weight is 304 g/mol. The molecule has 2 aromatic rings. The molecule has 3 nitrogen and oxygen atoms in total. The van der Waals surface area contributed by atoms with E-state index in [1.54, 1.807) is 0 Å². The van der Waals surface area contributed by atoms with Gasteiger partial charge < -0.3 is 10.4 Å². The van der Waals surface area contributed by atoms with E-state index >= 15 is 0 Å². The molecule has 0 bridgehead atoms. The van der Waals surface area contributed by atoms with Crippen LogP contribution in [0.5, 0.6) is 0 Å². The standard InChI is InChI=1S/C17H18ClNO2/c1-12(15-6-8-16(18)9-7-15)19-11-14-4-2-13(3-5-14)10-17(20)21/h2-9,12,19H,10-11H2,1H3,(H,20,21). The smallest absolute Gasteiger partial charge is 0.307 e.